The van der Waals surface area contributed by atoms with Crippen LogP contribution in [-0.4, -0.2) is 35.5 Å². The van der Waals surface area contributed by atoms with Gasteiger partial charge in [-0.2, -0.15) is 0 Å². The molecular weight excluding hydrogens is 235 g/mol. The molecule has 0 amide bonds. The second kappa shape index (κ2) is 18.3. The number of hydrogen-bond acceptors (Lipinski definition) is 4. The molecule has 0 bridgehead atoms. The van der Waals surface area contributed by atoms with E-state index in [-0.39, 0.29) is 23.3 Å². The number of carboxylic acids is 1. The van der Waals surface area contributed by atoms with Gasteiger partial charge in [0.05, 0.1) is 0 Å². The molecule has 0 aromatic heterocycles. The van der Waals surface area contributed by atoms with Gasteiger partial charge in [-0.05, 0) is 18.8 Å². The molecular formula is C12H25AlO4. The molecule has 0 radical (unpaired) electrons. The van der Waals surface area contributed by atoms with Gasteiger partial charge in [0.15, 0.2) is 0 Å². The van der Waals surface area contributed by atoms with E-state index < -0.39 is 18.2 Å². The zero-order valence-corrected chi connectivity index (χ0v) is 13.0. The van der Waals surface area contributed by atoms with E-state index >= 15 is 0 Å². The van der Waals surface area contributed by atoms with E-state index in [2.05, 4.69) is 0 Å². The fraction of sp³-hybridized carbons (Fsp3) is 0.917. The first-order chi connectivity index (χ1) is 7.18. The second-order valence-electron chi connectivity index (χ2n) is 3.93. The fourth-order valence-corrected chi connectivity index (χ4v) is 0.622. The average Bonchev–Trinajstić information content (AvgIpc) is 2.03. The van der Waals surface area contributed by atoms with Crippen LogP contribution in [0.15, 0.2) is 0 Å². The van der Waals surface area contributed by atoms with Crippen molar-refractivity contribution in [1.82, 2.24) is 0 Å². The Morgan fingerprint density at radius 2 is 1.12 bits per heavy atom. The van der Waals surface area contributed by atoms with Gasteiger partial charge in [-0.1, -0.05) is 41.5 Å². The molecule has 4 nitrogen and oxygen atoms in total. The van der Waals surface area contributed by atoms with Crippen LogP contribution in [-0.2, 0) is 4.79 Å². The molecule has 0 saturated heterocycles. The number of carbonyl (C=O) groups is 1. The van der Waals surface area contributed by atoms with Crippen molar-refractivity contribution in [1.29, 1.82) is 0 Å². The summed E-state index contributed by atoms with van der Waals surface area (Å²) in [6.07, 6.45) is 0.525. The Kier molecular flexibility index (Phi) is 27.6. The summed E-state index contributed by atoms with van der Waals surface area (Å²) in [7, 11) is 0. The van der Waals surface area contributed by atoms with Crippen LogP contribution in [0.25, 0.3) is 0 Å². The Labute approximate surface area is 116 Å². The van der Waals surface area contributed by atoms with Crippen LogP contribution in [0.5, 0.6) is 0 Å². The summed E-state index contributed by atoms with van der Waals surface area (Å²) in [5.74, 6) is -1.16. The molecule has 0 atom stereocenters. The molecule has 0 N–H and O–H groups in total. The molecule has 0 aliphatic heterocycles. The predicted octanol–water partition coefficient (Wildman–Crippen LogP) is -0.698. The second-order valence-corrected chi connectivity index (χ2v) is 3.93. The zero-order valence-electron chi connectivity index (χ0n) is 11.9. The van der Waals surface area contributed by atoms with Crippen molar-refractivity contribution >= 4 is 23.3 Å². The molecule has 0 aliphatic carbocycles. The number of rotatable bonds is 3. The van der Waals surface area contributed by atoms with Gasteiger partial charge in [-0.3, -0.25) is 0 Å². The largest absolute Gasteiger partial charge is 3.00 e. The summed E-state index contributed by atoms with van der Waals surface area (Å²) in [4.78, 5) is 10.1. The third kappa shape index (κ3) is 49.2. The molecule has 5 heteroatoms. The van der Waals surface area contributed by atoms with Gasteiger partial charge < -0.3 is 20.1 Å². The third-order valence-corrected chi connectivity index (χ3v) is 1.32. The molecule has 0 heterocycles. The first-order valence-electron chi connectivity index (χ1n) is 5.71. The van der Waals surface area contributed by atoms with Crippen LogP contribution in [0.1, 0.15) is 54.4 Å². The molecule has 100 valence electrons. The summed E-state index contributed by atoms with van der Waals surface area (Å²) in [6, 6.07) is 0. The summed E-state index contributed by atoms with van der Waals surface area (Å²) >= 11 is 0. The van der Waals surface area contributed by atoms with Crippen molar-refractivity contribution < 1.29 is 20.1 Å². The Hall–Kier alpha value is -0.0775. The third-order valence-electron chi connectivity index (χ3n) is 1.32. The minimum absolute atomic E-state index is 0. The van der Waals surface area contributed by atoms with Crippen LogP contribution in [0.3, 0.4) is 0 Å². The Morgan fingerprint density at radius 1 is 0.941 bits per heavy atom. The molecule has 0 aromatic rings. The van der Waals surface area contributed by atoms with E-state index in [1.54, 1.807) is 27.7 Å². The maximum atomic E-state index is 10.1. The van der Waals surface area contributed by atoms with E-state index in [9.17, 15) is 20.1 Å². The zero-order chi connectivity index (χ0) is 13.7. The monoisotopic (exact) mass is 260 g/mol. The van der Waals surface area contributed by atoms with E-state index in [1.165, 1.54) is 0 Å². The van der Waals surface area contributed by atoms with E-state index in [1.807, 2.05) is 13.8 Å². The van der Waals surface area contributed by atoms with Gasteiger partial charge in [0.2, 0.25) is 0 Å². The summed E-state index contributed by atoms with van der Waals surface area (Å²) in [6.45, 7) is 10.1. The molecule has 0 saturated carbocycles. The van der Waals surface area contributed by atoms with Gasteiger partial charge in [0.1, 0.15) is 0 Å². The summed E-state index contributed by atoms with van der Waals surface area (Å²) < 4.78 is 0. The number of carboxylic acid groups (broad SMARTS) is 1. The average molecular weight is 260 g/mol. The van der Waals surface area contributed by atoms with E-state index in [0.29, 0.717) is 12.8 Å². The van der Waals surface area contributed by atoms with Crippen molar-refractivity contribution in [3.8, 4) is 0 Å². The molecule has 0 rings (SSSR count). The topological polar surface area (TPSA) is 86.2 Å². The maximum absolute atomic E-state index is 10.1. The maximum Gasteiger partial charge on any atom is 3.00 e. The number of aliphatic carboxylic acids is 1. The normalized spacial score (nSPS) is 8.88. The first kappa shape index (κ1) is 25.7. The number of carbonyl (C=O) groups excluding carboxylic acids is 1. The van der Waals surface area contributed by atoms with Crippen molar-refractivity contribution in [2.75, 3.05) is 0 Å². The van der Waals surface area contributed by atoms with Gasteiger partial charge in [-0.25, -0.2) is 0 Å². The Bertz CT molecular complexity index is 134. The van der Waals surface area contributed by atoms with Crippen LogP contribution in [0.2, 0.25) is 0 Å². The molecule has 0 aliphatic rings. The van der Waals surface area contributed by atoms with Gasteiger partial charge in [0, 0.05) is 5.97 Å². The van der Waals surface area contributed by atoms with Crippen LogP contribution in [0, 0.1) is 5.92 Å². The summed E-state index contributed by atoms with van der Waals surface area (Å²) in [5, 5.41) is 29.1. The SMILES string of the molecule is CC(C)[O-].CC(C)[O-].CCC(CC)C(=O)[O-].[Al+3]. The Morgan fingerprint density at radius 3 is 1.12 bits per heavy atom. The molecule has 0 fully saturated rings. The van der Waals surface area contributed by atoms with Crippen LogP contribution < -0.4 is 15.3 Å². The quantitative estimate of drug-likeness (QED) is 0.628. The van der Waals surface area contributed by atoms with E-state index in [4.69, 9.17) is 0 Å². The van der Waals surface area contributed by atoms with Crippen molar-refractivity contribution in [2.45, 2.75) is 66.6 Å². The van der Waals surface area contributed by atoms with Gasteiger partial charge in [-0.15, -0.1) is 12.2 Å². The molecule has 0 unspecified atom stereocenters. The smallest absolute Gasteiger partial charge is 0.852 e. The minimum Gasteiger partial charge on any atom is -0.852 e. The van der Waals surface area contributed by atoms with Gasteiger partial charge in [0.25, 0.3) is 0 Å². The van der Waals surface area contributed by atoms with Crippen molar-refractivity contribution in [3.05, 3.63) is 0 Å². The van der Waals surface area contributed by atoms with Gasteiger partial charge >= 0.3 is 17.4 Å². The van der Waals surface area contributed by atoms with Crippen molar-refractivity contribution in [3.63, 3.8) is 0 Å². The van der Waals surface area contributed by atoms with Crippen LogP contribution >= 0.6 is 0 Å². The molecule has 17 heavy (non-hydrogen) atoms. The molecule has 0 aromatic carbocycles. The fourth-order valence-electron chi connectivity index (χ4n) is 0.622. The minimum atomic E-state index is -0.921. The number of hydrogen-bond donors (Lipinski definition) is 0. The van der Waals surface area contributed by atoms with Crippen LogP contribution in [0.4, 0.5) is 0 Å². The van der Waals surface area contributed by atoms with Crippen molar-refractivity contribution in [2.24, 2.45) is 5.92 Å². The first-order valence-corrected chi connectivity index (χ1v) is 5.71. The van der Waals surface area contributed by atoms with E-state index in [0.717, 1.165) is 0 Å². The summed E-state index contributed by atoms with van der Waals surface area (Å²) in [5.41, 5.74) is 0. The predicted molar refractivity (Wildman–Crippen MR) is 65.1 cm³/mol. The Balaban J connectivity index is -0.0000000806. The standard InChI is InChI=1S/C6H12O2.2C3H7O.Al/c1-3-5(4-2)6(7)8;2*1-3(2)4;/h5H,3-4H2,1-2H3,(H,7,8);2*3H,1-2H3;/q;2*-1;+3/p-1. The molecule has 0 spiro atoms.